The molecular weight excluding hydrogens is 440 g/mol. The van der Waals surface area contributed by atoms with Gasteiger partial charge >= 0.3 is 0 Å². The number of aliphatic hydroxyl groups is 3. The molecule has 4 rings (SSSR count). The van der Waals surface area contributed by atoms with Crippen molar-refractivity contribution in [2.45, 2.75) is 50.7 Å². The number of aromatic hydroxyl groups is 1. The number of benzene rings is 1. The Kier molecular flexibility index (Phi) is 5.81. The number of Topliss-reactive ketones (excluding diaryl/α,β-unsaturated/α-hetero) is 2. The summed E-state index contributed by atoms with van der Waals surface area (Å²) in [5, 5.41) is 44.1. The average molecular weight is 471 g/mol. The Balaban J connectivity index is 1.94. The number of hydrogen-bond donors (Lipinski definition) is 5. The lowest BCUT2D eigenvalue weighted by Gasteiger charge is -2.50. The van der Waals surface area contributed by atoms with E-state index in [0.29, 0.717) is 6.42 Å². The van der Waals surface area contributed by atoms with Gasteiger partial charge in [0.25, 0.3) is 5.91 Å². The highest BCUT2D eigenvalue weighted by molar-refractivity contribution is 6.24. The number of phenols is 1. The summed E-state index contributed by atoms with van der Waals surface area (Å²) in [5.41, 5.74) is 3.60. The first-order valence-corrected chi connectivity index (χ1v) is 11.4. The van der Waals surface area contributed by atoms with Gasteiger partial charge in [0.1, 0.15) is 22.8 Å². The minimum atomic E-state index is -2.61. The van der Waals surface area contributed by atoms with Crippen LogP contribution in [0.15, 0.2) is 29.0 Å². The Labute approximate surface area is 197 Å². The molecule has 9 heteroatoms. The average Bonchev–Trinajstić information content (AvgIpc) is 2.75. The fraction of sp³-hybridized carbons (Fsp3) is 0.480. The molecule has 182 valence electrons. The van der Waals surface area contributed by atoms with Gasteiger partial charge in [-0.05, 0) is 62.9 Å². The van der Waals surface area contributed by atoms with Crippen molar-refractivity contribution in [3.8, 4) is 5.75 Å². The summed E-state index contributed by atoms with van der Waals surface area (Å²) in [6, 6.07) is 2.19. The number of hydrogen-bond acceptors (Lipinski definition) is 8. The van der Waals surface area contributed by atoms with Crippen molar-refractivity contribution in [1.29, 1.82) is 0 Å². The number of carbonyl (C=O) groups is 3. The normalized spacial score (nSPS) is 28.7. The van der Waals surface area contributed by atoms with Gasteiger partial charge < -0.3 is 26.2 Å². The van der Waals surface area contributed by atoms with Crippen LogP contribution in [0, 0.1) is 11.8 Å². The molecule has 0 saturated heterocycles. The summed E-state index contributed by atoms with van der Waals surface area (Å²) in [4.78, 5) is 40.3. The summed E-state index contributed by atoms with van der Waals surface area (Å²) in [7, 11) is 3.16. The fourth-order valence-corrected chi connectivity index (χ4v) is 5.91. The molecule has 0 bridgehead atoms. The second-order valence-electron chi connectivity index (χ2n) is 9.66. The van der Waals surface area contributed by atoms with Crippen molar-refractivity contribution in [1.82, 2.24) is 4.90 Å². The lowest BCUT2D eigenvalue weighted by molar-refractivity contribution is -0.153. The summed E-state index contributed by atoms with van der Waals surface area (Å²) in [6.45, 7) is 2.06. The molecule has 1 amide bonds. The van der Waals surface area contributed by atoms with E-state index in [2.05, 4.69) is 6.92 Å². The van der Waals surface area contributed by atoms with Crippen LogP contribution in [0.3, 0.4) is 0 Å². The van der Waals surface area contributed by atoms with Crippen molar-refractivity contribution >= 4 is 23.2 Å². The zero-order valence-corrected chi connectivity index (χ0v) is 19.5. The number of primary amides is 1. The molecule has 1 aromatic carbocycles. The van der Waals surface area contributed by atoms with Crippen LogP contribution in [-0.4, -0.2) is 68.5 Å². The number of likely N-dealkylation sites (N-methyl/N-ethyl adjacent to an activating group) is 1. The molecular formula is C25H30N2O7. The van der Waals surface area contributed by atoms with Crippen LogP contribution in [0.4, 0.5) is 0 Å². The van der Waals surface area contributed by atoms with Crippen LogP contribution < -0.4 is 5.73 Å². The minimum absolute atomic E-state index is 0.0919. The first-order valence-electron chi connectivity index (χ1n) is 11.4. The smallest absolute Gasteiger partial charge is 0.255 e. The third-order valence-corrected chi connectivity index (χ3v) is 7.50. The molecule has 3 aliphatic carbocycles. The molecule has 34 heavy (non-hydrogen) atoms. The predicted molar refractivity (Wildman–Crippen MR) is 123 cm³/mol. The van der Waals surface area contributed by atoms with Gasteiger partial charge in [0.15, 0.2) is 11.4 Å². The van der Waals surface area contributed by atoms with E-state index in [1.807, 2.05) is 6.07 Å². The molecule has 0 radical (unpaired) electrons. The lowest BCUT2D eigenvalue weighted by Crippen LogP contribution is -2.65. The first-order chi connectivity index (χ1) is 16.0. The Bertz CT molecular complexity index is 1170. The van der Waals surface area contributed by atoms with Gasteiger partial charge in [-0.3, -0.25) is 19.3 Å². The fourth-order valence-electron chi connectivity index (χ4n) is 5.91. The van der Waals surface area contributed by atoms with Gasteiger partial charge in [-0.25, -0.2) is 0 Å². The molecule has 1 saturated carbocycles. The van der Waals surface area contributed by atoms with Crippen molar-refractivity contribution in [2.75, 3.05) is 14.1 Å². The predicted octanol–water partition coefficient (Wildman–Crippen LogP) is 1.31. The number of amides is 1. The van der Waals surface area contributed by atoms with Crippen molar-refractivity contribution in [2.24, 2.45) is 17.6 Å². The Morgan fingerprint density at radius 1 is 1.21 bits per heavy atom. The van der Waals surface area contributed by atoms with Crippen LogP contribution in [0.1, 0.15) is 42.9 Å². The third kappa shape index (κ3) is 3.18. The Hall–Kier alpha value is -3.17. The molecule has 2 unspecified atom stereocenters. The summed E-state index contributed by atoms with van der Waals surface area (Å²) >= 11 is 0. The maximum absolute atomic E-state index is 13.7. The molecule has 0 aromatic heterocycles. The van der Waals surface area contributed by atoms with E-state index in [9.17, 15) is 34.8 Å². The van der Waals surface area contributed by atoms with Gasteiger partial charge in [0.05, 0.1) is 11.6 Å². The van der Waals surface area contributed by atoms with Crippen molar-refractivity contribution in [3.05, 3.63) is 45.7 Å². The molecule has 3 aliphatic rings. The first kappa shape index (κ1) is 24.0. The second-order valence-corrected chi connectivity index (χ2v) is 9.66. The largest absolute Gasteiger partial charge is 0.508 e. The SMILES string of the molecule is CCCCc1ccc(O)c2c1CC1CC3[C@H](N(C)C)C(=O)C(C(N)=O)=C(O)[C@@]3(O)C(=O)C1=C2O. The number of nitrogens with zero attached hydrogens (tertiary/aromatic N) is 1. The van der Waals surface area contributed by atoms with E-state index >= 15 is 0 Å². The van der Waals surface area contributed by atoms with Gasteiger partial charge in [-0.1, -0.05) is 19.4 Å². The highest BCUT2D eigenvalue weighted by Crippen LogP contribution is 2.52. The van der Waals surface area contributed by atoms with Gasteiger partial charge in [-0.15, -0.1) is 0 Å². The van der Waals surface area contributed by atoms with E-state index in [1.54, 1.807) is 14.1 Å². The quantitative estimate of drug-likeness (QED) is 0.402. The highest BCUT2D eigenvalue weighted by atomic mass is 16.3. The van der Waals surface area contributed by atoms with E-state index in [4.69, 9.17) is 5.73 Å². The van der Waals surface area contributed by atoms with E-state index < -0.39 is 58.0 Å². The number of aliphatic hydroxyl groups excluding tert-OH is 2. The summed E-state index contributed by atoms with van der Waals surface area (Å²) in [6.07, 6.45) is 3.02. The maximum atomic E-state index is 13.7. The molecule has 6 N–H and O–H groups in total. The number of phenolic OH excluding ortho intramolecular Hbond substituents is 1. The molecule has 0 aliphatic heterocycles. The Morgan fingerprint density at radius 3 is 2.47 bits per heavy atom. The monoisotopic (exact) mass is 470 g/mol. The molecule has 0 spiro atoms. The van der Waals surface area contributed by atoms with Gasteiger partial charge in [0, 0.05) is 11.5 Å². The zero-order valence-electron chi connectivity index (χ0n) is 19.5. The van der Waals surface area contributed by atoms with Crippen LogP contribution in [0.2, 0.25) is 0 Å². The van der Waals surface area contributed by atoms with Crippen LogP contribution in [0.25, 0.3) is 5.76 Å². The number of carbonyl (C=O) groups excluding carboxylic acids is 3. The zero-order chi connectivity index (χ0) is 25.1. The number of ketones is 2. The van der Waals surface area contributed by atoms with Gasteiger partial charge in [0.2, 0.25) is 5.78 Å². The second kappa shape index (κ2) is 8.25. The number of rotatable bonds is 5. The van der Waals surface area contributed by atoms with Crippen molar-refractivity contribution < 1.29 is 34.8 Å². The highest BCUT2D eigenvalue weighted by Gasteiger charge is 2.64. The van der Waals surface area contributed by atoms with Crippen LogP contribution >= 0.6 is 0 Å². The number of unbranched alkanes of at least 4 members (excludes halogenated alkanes) is 1. The molecule has 0 heterocycles. The summed E-state index contributed by atoms with van der Waals surface area (Å²) in [5.74, 6) is -6.34. The third-order valence-electron chi connectivity index (χ3n) is 7.50. The van der Waals surface area contributed by atoms with Crippen LogP contribution in [0.5, 0.6) is 5.75 Å². The van der Waals surface area contributed by atoms with E-state index in [0.717, 1.165) is 30.4 Å². The van der Waals surface area contributed by atoms with Crippen molar-refractivity contribution in [3.63, 3.8) is 0 Å². The molecule has 1 fully saturated rings. The minimum Gasteiger partial charge on any atom is -0.508 e. The van der Waals surface area contributed by atoms with Crippen LogP contribution in [-0.2, 0) is 27.2 Å². The molecule has 9 nitrogen and oxygen atoms in total. The van der Waals surface area contributed by atoms with E-state index in [1.165, 1.54) is 11.0 Å². The number of nitrogens with two attached hydrogens (primary N) is 1. The topological polar surface area (TPSA) is 161 Å². The number of fused-ring (bicyclic) bond motifs is 3. The van der Waals surface area contributed by atoms with Gasteiger partial charge in [-0.2, -0.15) is 0 Å². The molecule has 4 atom stereocenters. The Morgan fingerprint density at radius 2 is 1.88 bits per heavy atom. The lowest BCUT2D eigenvalue weighted by atomic mass is 9.57. The standard InChI is InChI=1S/C25H30N2O7/c1-4-5-6-11-7-8-15(28)17-13(11)9-12-10-14-19(27(2)3)21(30)18(24(26)33)23(32)25(14,34)22(31)16(12)20(17)29/h7-8,12,14,19,28-29,32,34H,4-6,9-10H2,1-3H3,(H2,26,33)/t12?,14?,19-,25-/m0/s1. The number of aryl methyl sites for hydroxylation is 1. The van der Waals surface area contributed by atoms with E-state index in [-0.39, 0.29) is 23.3 Å². The summed E-state index contributed by atoms with van der Waals surface area (Å²) < 4.78 is 0. The molecule has 1 aromatic rings. The maximum Gasteiger partial charge on any atom is 0.255 e.